The van der Waals surface area contributed by atoms with Crippen LogP contribution in [-0.4, -0.2) is 13.0 Å². The van der Waals surface area contributed by atoms with Gasteiger partial charge in [0.2, 0.25) is 0 Å². The minimum atomic E-state index is -0.421. The van der Waals surface area contributed by atoms with E-state index in [1.165, 1.54) is 37.4 Å². The Morgan fingerprint density at radius 2 is 1.95 bits per heavy atom. The van der Waals surface area contributed by atoms with Crippen LogP contribution in [0.4, 0.5) is 15.8 Å². The van der Waals surface area contributed by atoms with Gasteiger partial charge in [0.05, 0.1) is 12.1 Å². The van der Waals surface area contributed by atoms with Gasteiger partial charge in [-0.2, -0.15) is 0 Å². The van der Waals surface area contributed by atoms with E-state index < -0.39 is 11.7 Å². The van der Waals surface area contributed by atoms with Crippen molar-refractivity contribution in [3.63, 3.8) is 0 Å². The van der Waals surface area contributed by atoms with Gasteiger partial charge in [-0.15, -0.1) is 0 Å². The summed E-state index contributed by atoms with van der Waals surface area (Å²) in [5.41, 5.74) is 6.69. The molecule has 20 heavy (non-hydrogen) atoms. The molecule has 0 atom stereocenters. The van der Waals surface area contributed by atoms with E-state index in [0.717, 1.165) is 0 Å². The second kappa shape index (κ2) is 5.79. The number of nitrogen functional groups attached to an aromatic ring is 1. The highest BCUT2D eigenvalue weighted by Crippen LogP contribution is 2.35. The van der Waals surface area contributed by atoms with Gasteiger partial charge < -0.3 is 15.8 Å². The van der Waals surface area contributed by atoms with E-state index in [0.29, 0.717) is 22.7 Å². The third-order valence-corrected chi connectivity index (χ3v) is 2.94. The summed E-state index contributed by atoms with van der Waals surface area (Å²) in [6.07, 6.45) is 0. The fourth-order valence-electron chi connectivity index (χ4n) is 1.67. The largest absolute Gasteiger partial charge is 0.494 e. The zero-order valence-corrected chi connectivity index (χ0v) is 11.4. The zero-order chi connectivity index (χ0) is 14.7. The van der Waals surface area contributed by atoms with E-state index in [9.17, 15) is 9.18 Å². The lowest BCUT2D eigenvalue weighted by Gasteiger charge is -2.13. The number of hydrogen-bond donors (Lipinski definition) is 2. The highest BCUT2D eigenvalue weighted by atomic mass is 35.5. The molecule has 0 aromatic heterocycles. The minimum Gasteiger partial charge on any atom is -0.494 e. The predicted molar refractivity (Wildman–Crippen MR) is 76.8 cm³/mol. The van der Waals surface area contributed by atoms with E-state index >= 15 is 0 Å². The second-order valence-corrected chi connectivity index (χ2v) is 4.45. The first-order chi connectivity index (χ1) is 9.51. The van der Waals surface area contributed by atoms with Gasteiger partial charge in [-0.1, -0.05) is 11.6 Å². The first kappa shape index (κ1) is 14.1. The number of anilines is 2. The number of carbonyl (C=O) groups is 1. The average molecular weight is 295 g/mol. The maximum atomic E-state index is 12.8. The van der Waals surface area contributed by atoms with Crippen molar-refractivity contribution in [1.29, 1.82) is 0 Å². The summed E-state index contributed by atoms with van der Waals surface area (Å²) in [6.45, 7) is 0. The molecule has 0 aliphatic rings. The molecule has 0 bridgehead atoms. The standard InChI is InChI=1S/C14H12ClFN2O2/c1-20-12-7-10(17)6-11(15)13(12)18-14(19)8-2-4-9(16)5-3-8/h2-7H,17H2,1H3,(H,18,19). The van der Waals surface area contributed by atoms with Gasteiger partial charge in [0.15, 0.2) is 0 Å². The van der Waals surface area contributed by atoms with Crippen LogP contribution in [0.25, 0.3) is 0 Å². The molecular formula is C14H12ClFN2O2. The van der Waals surface area contributed by atoms with Gasteiger partial charge in [0.1, 0.15) is 17.3 Å². The van der Waals surface area contributed by atoms with E-state index in [-0.39, 0.29) is 5.02 Å². The summed E-state index contributed by atoms with van der Waals surface area (Å²) in [7, 11) is 1.44. The summed E-state index contributed by atoms with van der Waals surface area (Å²) in [5, 5.41) is 2.88. The lowest BCUT2D eigenvalue weighted by Crippen LogP contribution is -2.13. The van der Waals surface area contributed by atoms with Gasteiger partial charge in [0, 0.05) is 17.3 Å². The molecule has 4 nitrogen and oxygen atoms in total. The second-order valence-electron chi connectivity index (χ2n) is 4.04. The molecule has 6 heteroatoms. The van der Waals surface area contributed by atoms with Crippen molar-refractivity contribution in [2.75, 3.05) is 18.2 Å². The van der Waals surface area contributed by atoms with Crippen molar-refractivity contribution in [2.45, 2.75) is 0 Å². The Labute approximate surface area is 120 Å². The number of methoxy groups -OCH3 is 1. The van der Waals surface area contributed by atoms with E-state index in [2.05, 4.69) is 5.32 Å². The summed E-state index contributed by atoms with van der Waals surface area (Å²) >= 11 is 6.04. The zero-order valence-electron chi connectivity index (χ0n) is 10.6. The van der Waals surface area contributed by atoms with E-state index in [4.69, 9.17) is 22.1 Å². The van der Waals surface area contributed by atoms with Crippen molar-refractivity contribution >= 4 is 28.9 Å². The number of rotatable bonds is 3. The highest BCUT2D eigenvalue weighted by Gasteiger charge is 2.14. The molecule has 2 aromatic rings. The Morgan fingerprint density at radius 1 is 1.30 bits per heavy atom. The smallest absolute Gasteiger partial charge is 0.255 e. The van der Waals surface area contributed by atoms with Crippen LogP contribution in [0, 0.1) is 5.82 Å². The third-order valence-electron chi connectivity index (χ3n) is 2.64. The number of hydrogen-bond acceptors (Lipinski definition) is 3. The minimum absolute atomic E-state index is 0.261. The van der Waals surface area contributed by atoms with Gasteiger partial charge in [-0.05, 0) is 30.3 Å². The molecule has 0 heterocycles. The fourth-order valence-corrected chi connectivity index (χ4v) is 1.94. The van der Waals surface area contributed by atoms with Gasteiger partial charge in [0.25, 0.3) is 5.91 Å². The summed E-state index contributed by atoms with van der Waals surface area (Å²) < 4.78 is 17.9. The molecule has 0 radical (unpaired) electrons. The van der Waals surface area contributed by atoms with Crippen molar-refractivity contribution in [2.24, 2.45) is 0 Å². The van der Waals surface area contributed by atoms with Crippen molar-refractivity contribution in [3.05, 3.63) is 52.8 Å². The molecule has 0 saturated carbocycles. The van der Waals surface area contributed by atoms with Crippen LogP contribution in [0.1, 0.15) is 10.4 Å². The molecule has 0 saturated heterocycles. The predicted octanol–water partition coefficient (Wildman–Crippen LogP) is 3.32. The van der Waals surface area contributed by atoms with Crippen LogP contribution in [-0.2, 0) is 0 Å². The van der Waals surface area contributed by atoms with Crippen LogP contribution < -0.4 is 15.8 Å². The molecule has 0 aliphatic carbocycles. The van der Waals surface area contributed by atoms with Crippen LogP contribution in [0.15, 0.2) is 36.4 Å². The van der Waals surface area contributed by atoms with Crippen molar-refractivity contribution < 1.29 is 13.9 Å². The Morgan fingerprint density at radius 3 is 2.55 bits per heavy atom. The number of nitrogens with two attached hydrogens (primary N) is 1. The molecular weight excluding hydrogens is 283 g/mol. The van der Waals surface area contributed by atoms with Crippen LogP contribution in [0.2, 0.25) is 5.02 Å². The summed E-state index contributed by atoms with van der Waals surface area (Å²) in [5.74, 6) is -0.481. The molecule has 2 rings (SSSR count). The Balaban J connectivity index is 2.30. The average Bonchev–Trinajstić information content (AvgIpc) is 2.42. The van der Waals surface area contributed by atoms with E-state index in [1.807, 2.05) is 0 Å². The normalized spacial score (nSPS) is 10.2. The molecule has 2 aromatic carbocycles. The van der Waals surface area contributed by atoms with Crippen LogP contribution >= 0.6 is 11.6 Å². The van der Waals surface area contributed by atoms with Crippen LogP contribution in [0.5, 0.6) is 5.75 Å². The SMILES string of the molecule is COc1cc(N)cc(Cl)c1NC(=O)c1ccc(F)cc1. The number of ether oxygens (including phenoxy) is 1. The number of halogens is 2. The number of nitrogens with one attached hydrogen (secondary N) is 1. The quantitative estimate of drug-likeness (QED) is 0.854. The van der Waals surface area contributed by atoms with Crippen molar-refractivity contribution in [1.82, 2.24) is 0 Å². The monoisotopic (exact) mass is 294 g/mol. The molecule has 0 spiro atoms. The number of carbonyl (C=O) groups excluding carboxylic acids is 1. The maximum Gasteiger partial charge on any atom is 0.255 e. The Bertz CT molecular complexity index is 644. The molecule has 104 valence electrons. The molecule has 0 aliphatic heterocycles. The Kier molecular flexibility index (Phi) is 4.10. The molecule has 0 unspecified atom stereocenters. The van der Waals surface area contributed by atoms with Gasteiger partial charge in [-0.25, -0.2) is 4.39 Å². The van der Waals surface area contributed by atoms with Crippen molar-refractivity contribution in [3.8, 4) is 5.75 Å². The highest BCUT2D eigenvalue weighted by molar-refractivity contribution is 6.34. The molecule has 1 amide bonds. The number of benzene rings is 2. The molecule has 0 fully saturated rings. The van der Waals surface area contributed by atoms with Crippen LogP contribution in [0.3, 0.4) is 0 Å². The third kappa shape index (κ3) is 3.00. The number of amides is 1. The molecule has 3 N–H and O–H groups in total. The van der Waals surface area contributed by atoms with E-state index in [1.54, 1.807) is 6.07 Å². The maximum absolute atomic E-state index is 12.8. The lowest BCUT2D eigenvalue weighted by molar-refractivity contribution is 0.102. The first-order valence-corrected chi connectivity index (χ1v) is 6.09. The topological polar surface area (TPSA) is 64.3 Å². The van der Waals surface area contributed by atoms with Gasteiger partial charge in [-0.3, -0.25) is 4.79 Å². The Hall–Kier alpha value is -2.27. The fraction of sp³-hybridized carbons (Fsp3) is 0.0714. The summed E-state index contributed by atoms with van der Waals surface area (Å²) in [6, 6.07) is 8.22. The summed E-state index contributed by atoms with van der Waals surface area (Å²) in [4.78, 5) is 12.1. The first-order valence-electron chi connectivity index (χ1n) is 5.71. The van der Waals surface area contributed by atoms with Gasteiger partial charge >= 0.3 is 0 Å². The lowest BCUT2D eigenvalue weighted by atomic mass is 10.2.